The number of pyridine rings is 1. The van der Waals surface area contributed by atoms with Crippen LogP contribution < -0.4 is 5.32 Å². The van der Waals surface area contributed by atoms with Crippen LogP contribution in [0.15, 0.2) is 24.5 Å². The SMILES string of the molecule is COC(=O)C(NCc1c[nH]c2ncccc12)C(C)C. The van der Waals surface area contributed by atoms with Gasteiger partial charge in [-0.15, -0.1) is 0 Å². The maximum Gasteiger partial charge on any atom is 0.323 e. The number of nitrogens with one attached hydrogen (secondary N) is 2. The van der Waals surface area contributed by atoms with E-state index in [1.165, 1.54) is 7.11 Å². The van der Waals surface area contributed by atoms with E-state index in [0.29, 0.717) is 6.54 Å². The Labute approximate surface area is 112 Å². The molecule has 0 saturated heterocycles. The van der Waals surface area contributed by atoms with Crippen molar-refractivity contribution >= 4 is 17.0 Å². The Kier molecular flexibility index (Phi) is 4.16. The average Bonchev–Trinajstić information content (AvgIpc) is 2.82. The molecule has 0 amide bonds. The first kappa shape index (κ1) is 13.5. The van der Waals surface area contributed by atoms with Crippen molar-refractivity contribution in [3.63, 3.8) is 0 Å². The maximum atomic E-state index is 11.7. The van der Waals surface area contributed by atoms with Gasteiger partial charge >= 0.3 is 5.97 Å². The lowest BCUT2D eigenvalue weighted by atomic mass is 10.0. The molecule has 2 heterocycles. The van der Waals surface area contributed by atoms with Gasteiger partial charge in [-0.05, 0) is 23.6 Å². The smallest absolute Gasteiger partial charge is 0.323 e. The third kappa shape index (κ3) is 2.93. The van der Waals surface area contributed by atoms with Gasteiger partial charge in [0.25, 0.3) is 0 Å². The normalized spacial score (nSPS) is 12.8. The third-order valence-corrected chi connectivity index (χ3v) is 3.17. The summed E-state index contributed by atoms with van der Waals surface area (Å²) in [4.78, 5) is 19.0. The van der Waals surface area contributed by atoms with Crippen LogP contribution in [0, 0.1) is 5.92 Å². The summed E-state index contributed by atoms with van der Waals surface area (Å²) in [6.07, 6.45) is 3.67. The van der Waals surface area contributed by atoms with Crippen molar-refractivity contribution in [2.75, 3.05) is 7.11 Å². The molecule has 0 aliphatic rings. The fourth-order valence-corrected chi connectivity index (χ4v) is 2.10. The van der Waals surface area contributed by atoms with Gasteiger partial charge in [0.05, 0.1) is 7.11 Å². The second-order valence-corrected chi connectivity index (χ2v) is 4.84. The zero-order valence-corrected chi connectivity index (χ0v) is 11.4. The fourth-order valence-electron chi connectivity index (χ4n) is 2.10. The quantitative estimate of drug-likeness (QED) is 0.806. The summed E-state index contributed by atoms with van der Waals surface area (Å²) in [5.41, 5.74) is 1.95. The summed E-state index contributed by atoms with van der Waals surface area (Å²) in [6.45, 7) is 4.58. The Morgan fingerprint density at radius 1 is 1.53 bits per heavy atom. The number of aromatic amines is 1. The Balaban J connectivity index is 2.11. The minimum Gasteiger partial charge on any atom is -0.468 e. The lowest BCUT2D eigenvalue weighted by molar-refractivity contribution is -0.144. The second-order valence-electron chi connectivity index (χ2n) is 4.84. The van der Waals surface area contributed by atoms with Crippen molar-refractivity contribution in [1.29, 1.82) is 0 Å². The van der Waals surface area contributed by atoms with Gasteiger partial charge in [0, 0.05) is 24.3 Å². The van der Waals surface area contributed by atoms with E-state index in [2.05, 4.69) is 15.3 Å². The maximum absolute atomic E-state index is 11.7. The molecule has 0 aliphatic heterocycles. The third-order valence-electron chi connectivity index (χ3n) is 3.17. The molecular formula is C14H19N3O2. The summed E-state index contributed by atoms with van der Waals surface area (Å²) in [5, 5.41) is 4.31. The van der Waals surface area contributed by atoms with Gasteiger partial charge < -0.3 is 9.72 Å². The van der Waals surface area contributed by atoms with Crippen molar-refractivity contribution in [3.05, 3.63) is 30.1 Å². The number of esters is 1. The highest BCUT2D eigenvalue weighted by atomic mass is 16.5. The molecule has 0 spiro atoms. The molecule has 0 aromatic carbocycles. The van der Waals surface area contributed by atoms with Crippen LogP contribution in [0.5, 0.6) is 0 Å². The van der Waals surface area contributed by atoms with E-state index in [9.17, 15) is 4.79 Å². The summed E-state index contributed by atoms with van der Waals surface area (Å²) in [7, 11) is 1.41. The Hall–Kier alpha value is -1.88. The first-order valence-corrected chi connectivity index (χ1v) is 6.35. The molecule has 1 atom stereocenters. The van der Waals surface area contributed by atoms with E-state index in [1.54, 1.807) is 6.20 Å². The zero-order chi connectivity index (χ0) is 13.8. The van der Waals surface area contributed by atoms with Crippen molar-refractivity contribution in [3.8, 4) is 0 Å². The van der Waals surface area contributed by atoms with Gasteiger partial charge in [0.1, 0.15) is 11.7 Å². The minimum absolute atomic E-state index is 0.177. The van der Waals surface area contributed by atoms with Gasteiger partial charge in [-0.3, -0.25) is 10.1 Å². The van der Waals surface area contributed by atoms with E-state index in [4.69, 9.17) is 4.74 Å². The number of nitrogens with zero attached hydrogens (tertiary/aromatic N) is 1. The average molecular weight is 261 g/mol. The number of ether oxygens (including phenoxy) is 1. The highest BCUT2D eigenvalue weighted by molar-refractivity contribution is 5.79. The zero-order valence-electron chi connectivity index (χ0n) is 11.4. The van der Waals surface area contributed by atoms with Gasteiger partial charge in [-0.1, -0.05) is 13.8 Å². The van der Waals surface area contributed by atoms with E-state index < -0.39 is 0 Å². The molecule has 102 valence electrons. The Bertz CT molecular complexity index is 563. The fraction of sp³-hybridized carbons (Fsp3) is 0.429. The number of carbonyl (C=O) groups excluding carboxylic acids is 1. The highest BCUT2D eigenvalue weighted by Gasteiger charge is 2.22. The first-order chi connectivity index (χ1) is 9.13. The van der Waals surface area contributed by atoms with Crippen LogP contribution in [-0.4, -0.2) is 29.1 Å². The number of aromatic nitrogens is 2. The predicted octanol–water partition coefficient (Wildman–Crippen LogP) is 1.85. The molecule has 0 radical (unpaired) electrons. The molecule has 5 nitrogen and oxygen atoms in total. The molecule has 1 unspecified atom stereocenters. The summed E-state index contributed by atoms with van der Waals surface area (Å²) < 4.78 is 4.81. The molecule has 2 aromatic heterocycles. The predicted molar refractivity (Wildman–Crippen MR) is 73.6 cm³/mol. The minimum atomic E-state index is -0.299. The molecule has 0 bridgehead atoms. The lowest BCUT2D eigenvalue weighted by Crippen LogP contribution is -2.41. The molecule has 0 fully saturated rings. The van der Waals surface area contributed by atoms with E-state index in [1.807, 2.05) is 32.2 Å². The number of carbonyl (C=O) groups is 1. The molecule has 2 rings (SSSR count). The molecule has 0 aliphatic carbocycles. The van der Waals surface area contributed by atoms with Crippen molar-refractivity contribution < 1.29 is 9.53 Å². The van der Waals surface area contributed by atoms with Gasteiger partial charge in [0.15, 0.2) is 0 Å². The van der Waals surface area contributed by atoms with Crippen LogP contribution in [0.1, 0.15) is 19.4 Å². The van der Waals surface area contributed by atoms with Crippen molar-refractivity contribution in [2.45, 2.75) is 26.4 Å². The molecular weight excluding hydrogens is 242 g/mol. The second kappa shape index (κ2) is 5.84. The molecule has 2 aromatic rings. The van der Waals surface area contributed by atoms with E-state index in [-0.39, 0.29) is 17.9 Å². The highest BCUT2D eigenvalue weighted by Crippen LogP contribution is 2.16. The summed E-state index contributed by atoms with van der Waals surface area (Å²) >= 11 is 0. The Morgan fingerprint density at radius 2 is 2.32 bits per heavy atom. The molecule has 5 heteroatoms. The van der Waals surface area contributed by atoms with Crippen molar-refractivity contribution in [1.82, 2.24) is 15.3 Å². The monoisotopic (exact) mass is 261 g/mol. The van der Waals surface area contributed by atoms with Crippen LogP contribution in [0.25, 0.3) is 11.0 Å². The van der Waals surface area contributed by atoms with Crippen LogP contribution >= 0.6 is 0 Å². The van der Waals surface area contributed by atoms with Crippen LogP contribution in [0.4, 0.5) is 0 Å². The standard InChI is InChI=1S/C14H19N3O2/c1-9(2)12(14(18)19-3)16-7-10-8-17-13-11(10)5-4-6-15-13/h4-6,8-9,12,16H,7H2,1-3H3,(H,15,17). The number of hydrogen-bond donors (Lipinski definition) is 2. The van der Waals surface area contributed by atoms with Crippen molar-refractivity contribution in [2.24, 2.45) is 5.92 Å². The summed E-state index contributed by atoms with van der Waals surface area (Å²) in [6, 6.07) is 3.62. The van der Waals surface area contributed by atoms with E-state index >= 15 is 0 Å². The molecule has 0 saturated carbocycles. The van der Waals surface area contributed by atoms with Crippen LogP contribution in [0.2, 0.25) is 0 Å². The number of rotatable bonds is 5. The van der Waals surface area contributed by atoms with Crippen LogP contribution in [-0.2, 0) is 16.1 Å². The van der Waals surface area contributed by atoms with Gasteiger partial charge in [0.2, 0.25) is 0 Å². The molecule has 2 N–H and O–H groups in total. The lowest BCUT2D eigenvalue weighted by Gasteiger charge is -2.19. The number of fused-ring (bicyclic) bond motifs is 1. The first-order valence-electron chi connectivity index (χ1n) is 6.35. The van der Waals surface area contributed by atoms with Gasteiger partial charge in [-0.2, -0.15) is 0 Å². The van der Waals surface area contributed by atoms with Gasteiger partial charge in [-0.25, -0.2) is 4.98 Å². The Morgan fingerprint density at radius 3 is 3.00 bits per heavy atom. The number of methoxy groups -OCH3 is 1. The van der Waals surface area contributed by atoms with Crippen LogP contribution in [0.3, 0.4) is 0 Å². The number of H-pyrrole nitrogens is 1. The number of hydrogen-bond acceptors (Lipinski definition) is 4. The topological polar surface area (TPSA) is 67.0 Å². The molecule has 19 heavy (non-hydrogen) atoms. The largest absolute Gasteiger partial charge is 0.468 e. The summed E-state index contributed by atoms with van der Waals surface area (Å²) in [5.74, 6) is -0.0521. The van der Waals surface area contributed by atoms with E-state index in [0.717, 1.165) is 16.6 Å².